The zero-order chi connectivity index (χ0) is 12.4. The van der Waals surface area contributed by atoms with Crippen LogP contribution in [-0.2, 0) is 7.05 Å². The highest BCUT2D eigenvalue weighted by atomic mass is 16.1. The van der Waals surface area contributed by atoms with Crippen molar-refractivity contribution in [3.8, 4) is 0 Å². The molecule has 5 heteroatoms. The zero-order valence-electron chi connectivity index (χ0n) is 9.77. The number of hydrogen-bond donors (Lipinski definition) is 2. The first-order valence-corrected chi connectivity index (χ1v) is 5.25. The Kier molecular flexibility index (Phi) is 2.82. The van der Waals surface area contributed by atoms with Crippen LogP contribution in [0.25, 0.3) is 0 Å². The van der Waals surface area contributed by atoms with Crippen LogP contribution in [0.4, 0.5) is 11.5 Å². The normalized spacial score (nSPS) is 10.2. The number of amides is 1. The minimum Gasteiger partial charge on any atom is -0.382 e. The van der Waals surface area contributed by atoms with Crippen molar-refractivity contribution in [1.29, 1.82) is 0 Å². The molecule has 0 aliphatic carbocycles. The molecule has 2 rings (SSSR count). The Balaban J connectivity index is 2.25. The molecule has 88 valence electrons. The first kappa shape index (κ1) is 11.2. The third-order valence-corrected chi connectivity index (χ3v) is 2.54. The monoisotopic (exact) mass is 230 g/mol. The van der Waals surface area contributed by atoms with E-state index in [0.29, 0.717) is 22.8 Å². The topological polar surface area (TPSA) is 72.9 Å². The molecule has 5 nitrogen and oxygen atoms in total. The van der Waals surface area contributed by atoms with Crippen molar-refractivity contribution in [3.05, 3.63) is 41.6 Å². The Bertz CT molecular complexity index is 545. The van der Waals surface area contributed by atoms with Crippen LogP contribution in [0.5, 0.6) is 0 Å². The summed E-state index contributed by atoms with van der Waals surface area (Å²) in [5.41, 5.74) is 7.68. The van der Waals surface area contributed by atoms with E-state index in [4.69, 9.17) is 5.73 Å². The van der Waals surface area contributed by atoms with E-state index in [1.54, 1.807) is 26.1 Å². The first-order chi connectivity index (χ1) is 8.09. The molecule has 0 aliphatic heterocycles. The maximum atomic E-state index is 11.9. The average molecular weight is 230 g/mol. The summed E-state index contributed by atoms with van der Waals surface area (Å²) in [5, 5.41) is 6.90. The molecular formula is C12H14N4O. The van der Waals surface area contributed by atoms with Crippen LogP contribution in [0.2, 0.25) is 0 Å². The lowest BCUT2D eigenvalue weighted by atomic mass is 10.2. The fourth-order valence-electron chi connectivity index (χ4n) is 1.61. The van der Waals surface area contributed by atoms with Gasteiger partial charge in [-0.15, -0.1) is 0 Å². The molecule has 0 spiro atoms. The molecule has 1 aromatic heterocycles. The van der Waals surface area contributed by atoms with Crippen LogP contribution >= 0.6 is 0 Å². The van der Waals surface area contributed by atoms with Gasteiger partial charge in [0.15, 0.2) is 0 Å². The number of nitrogens with one attached hydrogen (secondary N) is 1. The highest BCUT2D eigenvalue weighted by Crippen LogP contribution is 2.22. The minimum atomic E-state index is -0.187. The van der Waals surface area contributed by atoms with Gasteiger partial charge >= 0.3 is 0 Å². The summed E-state index contributed by atoms with van der Waals surface area (Å²) in [6.07, 6.45) is 0. The predicted molar refractivity (Wildman–Crippen MR) is 66.8 cm³/mol. The first-order valence-electron chi connectivity index (χ1n) is 5.25. The summed E-state index contributed by atoms with van der Waals surface area (Å²) in [6.45, 7) is 1.80. The van der Waals surface area contributed by atoms with Crippen molar-refractivity contribution < 1.29 is 4.79 Å². The summed E-state index contributed by atoms with van der Waals surface area (Å²) in [7, 11) is 1.74. The van der Waals surface area contributed by atoms with Gasteiger partial charge in [-0.1, -0.05) is 18.2 Å². The molecule has 0 aliphatic rings. The number of anilines is 2. The van der Waals surface area contributed by atoms with Crippen LogP contribution in [0.1, 0.15) is 16.1 Å². The largest absolute Gasteiger partial charge is 0.382 e. The van der Waals surface area contributed by atoms with Crippen LogP contribution in [0.15, 0.2) is 30.3 Å². The van der Waals surface area contributed by atoms with Gasteiger partial charge in [0, 0.05) is 12.6 Å². The number of nitrogens with zero attached hydrogens (tertiary/aromatic N) is 2. The van der Waals surface area contributed by atoms with Gasteiger partial charge in [-0.05, 0) is 19.1 Å². The lowest BCUT2D eigenvalue weighted by Crippen LogP contribution is -2.13. The number of benzene rings is 1. The molecule has 0 bridgehead atoms. The molecule has 0 fully saturated rings. The molecule has 1 amide bonds. The third kappa shape index (κ3) is 2.13. The van der Waals surface area contributed by atoms with Gasteiger partial charge in [-0.2, -0.15) is 5.10 Å². The summed E-state index contributed by atoms with van der Waals surface area (Å²) in [5.74, 6) is 0.264. The minimum absolute atomic E-state index is 0.187. The fourth-order valence-corrected chi connectivity index (χ4v) is 1.61. The van der Waals surface area contributed by atoms with E-state index in [0.717, 1.165) is 0 Å². The molecule has 0 unspecified atom stereocenters. The summed E-state index contributed by atoms with van der Waals surface area (Å²) in [6, 6.07) is 8.98. The number of nitrogens with two attached hydrogens (primary N) is 1. The van der Waals surface area contributed by atoms with Gasteiger partial charge in [0.05, 0.1) is 5.69 Å². The smallest absolute Gasteiger partial charge is 0.255 e. The second-order valence-corrected chi connectivity index (χ2v) is 3.79. The predicted octanol–water partition coefficient (Wildman–Crippen LogP) is 1.56. The number of aryl methyl sites for hydroxylation is 2. The van der Waals surface area contributed by atoms with Gasteiger partial charge < -0.3 is 11.1 Å². The van der Waals surface area contributed by atoms with Crippen LogP contribution < -0.4 is 11.1 Å². The van der Waals surface area contributed by atoms with Crippen molar-refractivity contribution in [1.82, 2.24) is 9.78 Å². The van der Waals surface area contributed by atoms with Crippen LogP contribution in [0, 0.1) is 6.92 Å². The number of carbonyl (C=O) groups is 1. The molecule has 0 saturated heterocycles. The van der Waals surface area contributed by atoms with Crippen LogP contribution in [0.3, 0.4) is 0 Å². The molecule has 1 aromatic carbocycles. The van der Waals surface area contributed by atoms with E-state index in [9.17, 15) is 4.79 Å². The average Bonchev–Trinajstić information content (AvgIpc) is 2.57. The Morgan fingerprint density at radius 3 is 2.53 bits per heavy atom. The number of hydrogen-bond acceptors (Lipinski definition) is 3. The van der Waals surface area contributed by atoms with E-state index in [2.05, 4.69) is 10.4 Å². The third-order valence-electron chi connectivity index (χ3n) is 2.54. The van der Waals surface area contributed by atoms with Crippen molar-refractivity contribution in [3.63, 3.8) is 0 Å². The second kappa shape index (κ2) is 4.29. The molecule has 0 radical (unpaired) electrons. The van der Waals surface area contributed by atoms with Crippen molar-refractivity contribution in [2.45, 2.75) is 6.92 Å². The number of aromatic nitrogens is 2. The highest BCUT2D eigenvalue weighted by molar-refractivity contribution is 6.05. The molecule has 0 atom stereocenters. The Labute approximate surface area is 99.2 Å². The summed E-state index contributed by atoms with van der Waals surface area (Å²) in [4.78, 5) is 11.9. The van der Waals surface area contributed by atoms with E-state index >= 15 is 0 Å². The maximum Gasteiger partial charge on any atom is 0.255 e. The van der Waals surface area contributed by atoms with Crippen LogP contribution in [-0.4, -0.2) is 15.7 Å². The molecular weight excluding hydrogens is 216 g/mol. The van der Waals surface area contributed by atoms with Gasteiger partial charge in [-0.3, -0.25) is 9.48 Å². The molecule has 1 heterocycles. The van der Waals surface area contributed by atoms with Gasteiger partial charge in [-0.25, -0.2) is 0 Å². The summed E-state index contributed by atoms with van der Waals surface area (Å²) >= 11 is 0. The van der Waals surface area contributed by atoms with Gasteiger partial charge in [0.1, 0.15) is 11.5 Å². The number of nitrogen functional groups attached to an aromatic ring is 1. The maximum absolute atomic E-state index is 11.9. The standard InChI is InChI=1S/C12H14N4O/c1-8-10(11(13)16(2)15-8)14-12(17)9-6-4-3-5-7-9/h3-7H,13H2,1-2H3,(H,14,17). The fraction of sp³-hybridized carbons (Fsp3) is 0.167. The van der Waals surface area contributed by atoms with Crippen molar-refractivity contribution in [2.24, 2.45) is 7.05 Å². The second-order valence-electron chi connectivity index (χ2n) is 3.79. The zero-order valence-corrected chi connectivity index (χ0v) is 9.77. The Morgan fingerprint density at radius 1 is 1.35 bits per heavy atom. The van der Waals surface area contributed by atoms with E-state index in [1.165, 1.54) is 4.68 Å². The Hall–Kier alpha value is -2.30. The van der Waals surface area contributed by atoms with Gasteiger partial charge in [0.25, 0.3) is 5.91 Å². The van der Waals surface area contributed by atoms with E-state index in [-0.39, 0.29) is 5.91 Å². The number of rotatable bonds is 2. The lowest BCUT2D eigenvalue weighted by Gasteiger charge is -2.05. The van der Waals surface area contributed by atoms with Crippen molar-refractivity contribution >= 4 is 17.4 Å². The van der Waals surface area contributed by atoms with Crippen molar-refractivity contribution in [2.75, 3.05) is 11.1 Å². The lowest BCUT2D eigenvalue weighted by molar-refractivity contribution is 0.102. The van der Waals surface area contributed by atoms with E-state index in [1.807, 2.05) is 18.2 Å². The highest BCUT2D eigenvalue weighted by Gasteiger charge is 2.13. The SMILES string of the molecule is Cc1nn(C)c(N)c1NC(=O)c1ccccc1. The molecule has 2 aromatic rings. The molecule has 3 N–H and O–H groups in total. The van der Waals surface area contributed by atoms with E-state index < -0.39 is 0 Å². The van der Waals surface area contributed by atoms with Gasteiger partial charge in [0.2, 0.25) is 0 Å². The summed E-state index contributed by atoms with van der Waals surface area (Å²) < 4.78 is 1.54. The molecule has 17 heavy (non-hydrogen) atoms. The Morgan fingerprint density at radius 2 is 2.00 bits per heavy atom. The number of carbonyl (C=O) groups excluding carboxylic acids is 1. The quantitative estimate of drug-likeness (QED) is 0.822. The molecule has 0 saturated carbocycles.